The van der Waals surface area contributed by atoms with Gasteiger partial charge in [0.15, 0.2) is 0 Å². The predicted octanol–water partition coefficient (Wildman–Crippen LogP) is 0.323. The van der Waals surface area contributed by atoms with E-state index in [4.69, 9.17) is 0 Å². The number of hydrogen-bond acceptors (Lipinski definition) is 3. The van der Waals surface area contributed by atoms with Crippen LogP contribution in [0.4, 0.5) is 0 Å². The lowest BCUT2D eigenvalue weighted by Crippen LogP contribution is -2.35. The van der Waals surface area contributed by atoms with Crippen LogP contribution in [-0.4, -0.2) is 26.2 Å². The fraction of sp³-hybridized carbons (Fsp3) is 0.571. The van der Waals surface area contributed by atoms with Crippen molar-refractivity contribution >= 4 is 5.97 Å². The molecule has 0 bridgehead atoms. The van der Waals surface area contributed by atoms with Gasteiger partial charge in [-0.1, -0.05) is 12.2 Å². The summed E-state index contributed by atoms with van der Waals surface area (Å²) in [7, 11) is 3.05. The molecule has 3 nitrogen and oxygen atoms in total. The Morgan fingerprint density at radius 3 is 2.30 bits per heavy atom. The SMILES string of the molecule is C=C(C)C(NC)C(=O)OC. The Kier molecular flexibility index (Phi) is 3.72. The fourth-order valence-electron chi connectivity index (χ4n) is 0.683. The third-order valence-electron chi connectivity index (χ3n) is 1.22. The molecule has 0 fully saturated rings. The lowest BCUT2D eigenvalue weighted by Gasteiger charge is -2.12. The molecular weight excluding hydrogens is 130 g/mol. The van der Waals surface area contributed by atoms with E-state index < -0.39 is 0 Å². The summed E-state index contributed by atoms with van der Waals surface area (Å²) in [4.78, 5) is 10.8. The molecule has 1 N–H and O–H groups in total. The molecule has 0 aliphatic heterocycles. The first-order valence-electron chi connectivity index (χ1n) is 3.04. The molecule has 0 heterocycles. The van der Waals surface area contributed by atoms with Gasteiger partial charge in [-0.25, -0.2) is 0 Å². The summed E-state index contributed by atoms with van der Waals surface area (Å²) in [6, 6.07) is -0.370. The zero-order valence-electron chi connectivity index (χ0n) is 6.60. The highest BCUT2D eigenvalue weighted by Crippen LogP contribution is 1.98. The van der Waals surface area contributed by atoms with Crippen LogP contribution in [0.3, 0.4) is 0 Å². The third-order valence-corrected chi connectivity index (χ3v) is 1.22. The Bertz CT molecular complexity index is 143. The van der Waals surface area contributed by atoms with Crippen molar-refractivity contribution in [3.8, 4) is 0 Å². The summed E-state index contributed by atoms with van der Waals surface area (Å²) in [6.45, 7) is 5.41. The molecule has 0 amide bonds. The van der Waals surface area contributed by atoms with E-state index in [0.717, 1.165) is 5.57 Å². The van der Waals surface area contributed by atoms with E-state index in [2.05, 4.69) is 16.6 Å². The number of carbonyl (C=O) groups is 1. The molecule has 0 saturated carbocycles. The maximum atomic E-state index is 10.8. The first-order chi connectivity index (χ1) is 4.63. The van der Waals surface area contributed by atoms with Crippen molar-refractivity contribution in [1.82, 2.24) is 5.32 Å². The first kappa shape index (κ1) is 9.17. The van der Waals surface area contributed by atoms with E-state index >= 15 is 0 Å². The molecule has 10 heavy (non-hydrogen) atoms. The van der Waals surface area contributed by atoms with Crippen molar-refractivity contribution in [2.24, 2.45) is 0 Å². The molecule has 0 aromatic heterocycles. The van der Waals surface area contributed by atoms with E-state index in [-0.39, 0.29) is 12.0 Å². The number of likely N-dealkylation sites (N-methyl/N-ethyl adjacent to an activating group) is 1. The van der Waals surface area contributed by atoms with Crippen molar-refractivity contribution in [3.63, 3.8) is 0 Å². The summed E-state index contributed by atoms with van der Waals surface area (Å²) in [5, 5.41) is 2.78. The van der Waals surface area contributed by atoms with Crippen molar-refractivity contribution in [1.29, 1.82) is 0 Å². The van der Waals surface area contributed by atoms with Crippen molar-refractivity contribution in [2.45, 2.75) is 13.0 Å². The van der Waals surface area contributed by atoms with Crippen molar-refractivity contribution < 1.29 is 9.53 Å². The summed E-state index contributed by atoms with van der Waals surface area (Å²) >= 11 is 0. The summed E-state index contributed by atoms with van der Waals surface area (Å²) < 4.78 is 4.50. The summed E-state index contributed by atoms with van der Waals surface area (Å²) in [5.74, 6) is -0.296. The van der Waals surface area contributed by atoms with E-state index in [1.165, 1.54) is 7.11 Å². The molecule has 0 saturated heterocycles. The smallest absolute Gasteiger partial charge is 0.327 e. The molecule has 0 aliphatic rings. The second-order valence-electron chi connectivity index (χ2n) is 2.09. The molecule has 0 rings (SSSR count). The summed E-state index contributed by atoms with van der Waals surface area (Å²) in [6.07, 6.45) is 0. The summed E-state index contributed by atoms with van der Waals surface area (Å²) in [5.41, 5.74) is 0.759. The molecule has 0 spiro atoms. The minimum Gasteiger partial charge on any atom is -0.468 e. The standard InChI is InChI=1S/C7H13NO2/c1-5(2)6(8-3)7(9)10-4/h6,8H,1H2,2-4H3. The molecule has 1 unspecified atom stereocenters. The number of esters is 1. The molecular formula is C7H13NO2. The molecule has 0 radical (unpaired) electrons. The first-order valence-corrected chi connectivity index (χ1v) is 3.04. The van der Waals surface area contributed by atoms with E-state index in [1.807, 2.05) is 0 Å². The van der Waals surface area contributed by atoms with Crippen molar-refractivity contribution in [2.75, 3.05) is 14.2 Å². The van der Waals surface area contributed by atoms with Gasteiger partial charge in [0.05, 0.1) is 7.11 Å². The quantitative estimate of drug-likeness (QED) is 0.457. The van der Waals surface area contributed by atoms with Gasteiger partial charge in [0.2, 0.25) is 0 Å². The van der Waals surface area contributed by atoms with E-state index in [1.54, 1.807) is 14.0 Å². The third kappa shape index (κ3) is 2.19. The fourth-order valence-corrected chi connectivity index (χ4v) is 0.683. The van der Waals surface area contributed by atoms with Gasteiger partial charge in [-0.15, -0.1) is 0 Å². The van der Waals surface area contributed by atoms with Crippen LogP contribution in [0.25, 0.3) is 0 Å². The average molecular weight is 143 g/mol. The molecule has 0 aromatic carbocycles. The van der Waals surface area contributed by atoms with Crippen LogP contribution in [-0.2, 0) is 9.53 Å². The Balaban J connectivity index is 4.06. The van der Waals surface area contributed by atoms with E-state index in [0.29, 0.717) is 0 Å². The second kappa shape index (κ2) is 4.06. The highest BCUT2D eigenvalue weighted by Gasteiger charge is 2.16. The number of ether oxygens (including phenoxy) is 1. The molecule has 0 aliphatic carbocycles. The zero-order valence-corrected chi connectivity index (χ0v) is 6.60. The van der Waals surface area contributed by atoms with Gasteiger partial charge < -0.3 is 10.1 Å². The van der Waals surface area contributed by atoms with Crippen LogP contribution < -0.4 is 5.32 Å². The molecule has 0 aromatic rings. The lowest BCUT2D eigenvalue weighted by molar-refractivity contribution is -0.141. The predicted molar refractivity (Wildman–Crippen MR) is 39.7 cm³/mol. The van der Waals surface area contributed by atoms with Gasteiger partial charge in [-0.3, -0.25) is 4.79 Å². The molecule has 3 heteroatoms. The van der Waals surface area contributed by atoms with Crippen LogP contribution in [0.5, 0.6) is 0 Å². The van der Waals surface area contributed by atoms with Gasteiger partial charge in [0.25, 0.3) is 0 Å². The minimum absolute atomic E-state index is 0.296. The van der Waals surface area contributed by atoms with Gasteiger partial charge in [0.1, 0.15) is 6.04 Å². The normalized spacial score (nSPS) is 12.3. The lowest BCUT2D eigenvalue weighted by atomic mass is 10.1. The maximum absolute atomic E-state index is 10.8. The van der Waals surface area contributed by atoms with E-state index in [9.17, 15) is 4.79 Å². The number of rotatable bonds is 3. The largest absolute Gasteiger partial charge is 0.468 e. The van der Waals surface area contributed by atoms with Crippen LogP contribution in [0.2, 0.25) is 0 Å². The minimum atomic E-state index is -0.370. The second-order valence-corrected chi connectivity index (χ2v) is 2.09. The zero-order chi connectivity index (χ0) is 8.15. The average Bonchev–Trinajstić information content (AvgIpc) is 1.88. The number of hydrogen-bond donors (Lipinski definition) is 1. The number of methoxy groups -OCH3 is 1. The highest BCUT2D eigenvalue weighted by atomic mass is 16.5. The van der Waals surface area contributed by atoms with Gasteiger partial charge in [0, 0.05) is 0 Å². The Morgan fingerprint density at radius 2 is 2.20 bits per heavy atom. The van der Waals surface area contributed by atoms with Crippen LogP contribution in [0, 0.1) is 0 Å². The van der Waals surface area contributed by atoms with Crippen LogP contribution in [0.1, 0.15) is 6.92 Å². The molecule has 1 atom stereocenters. The monoisotopic (exact) mass is 143 g/mol. The Morgan fingerprint density at radius 1 is 1.70 bits per heavy atom. The topological polar surface area (TPSA) is 38.3 Å². The highest BCUT2D eigenvalue weighted by molar-refractivity contribution is 5.78. The van der Waals surface area contributed by atoms with Crippen molar-refractivity contribution in [3.05, 3.63) is 12.2 Å². The van der Waals surface area contributed by atoms with Gasteiger partial charge >= 0.3 is 5.97 Å². The van der Waals surface area contributed by atoms with Crippen LogP contribution in [0.15, 0.2) is 12.2 Å². The molecule has 58 valence electrons. The maximum Gasteiger partial charge on any atom is 0.327 e. The van der Waals surface area contributed by atoms with Gasteiger partial charge in [-0.05, 0) is 14.0 Å². The Hall–Kier alpha value is -0.830. The Labute approximate surface area is 61.1 Å². The van der Waals surface area contributed by atoms with Gasteiger partial charge in [-0.2, -0.15) is 0 Å². The number of carbonyl (C=O) groups excluding carboxylic acids is 1. The van der Waals surface area contributed by atoms with Crippen LogP contribution >= 0.6 is 0 Å². The number of nitrogens with one attached hydrogen (secondary N) is 1.